The smallest absolute Gasteiger partial charge is 0.237 e. The van der Waals surface area contributed by atoms with E-state index < -0.39 is 0 Å². The van der Waals surface area contributed by atoms with Crippen LogP contribution in [-0.4, -0.2) is 21.1 Å². The number of benzene rings is 1. The lowest BCUT2D eigenvalue weighted by molar-refractivity contribution is -0.115. The summed E-state index contributed by atoms with van der Waals surface area (Å²) >= 11 is 1.35. The van der Waals surface area contributed by atoms with Crippen molar-refractivity contribution >= 4 is 23.4 Å². The minimum absolute atomic E-state index is 0.0475. The summed E-state index contributed by atoms with van der Waals surface area (Å²) < 4.78 is 0. The first-order valence-corrected chi connectivity index (χ1v) is 8.32. The summed E-state index contributed by atoms with van der Waals surface area (Å²) in [4.78, 5) is 20.4. The Bertz CT molecular complexity index is 601. The van der Waals surface area contributed by atoms with E-state index in [4.69, 9.17) is 0 Å². The van der Waals surface area contributed by atoms with Crippen molar-refractivity contribution in [3.8, 4) is 0 Å². The van der Waals surface area contributed by atoms with E-state index in [1.807, 2.05) is 19.1 Å². The molecule has 0 spiro atoms. The van der Waals surface area contributed by atoms with Gasteiger partial charge in [-0.2, -0.15) is 0 Å². The molecule has 2 aromatic rings. The van der Waals surface area contributed by atoms with Crippen LogP contribution in [-0.2, 0) is 4.79 Å². The van der Waals surface area contributed by atoms with Crippen molar-refractivity contribution in [2.45, 2.75) is 43.5 Å². The molecule has 1 N–H and O–H groups in total. The summed E-state index contributed by atoms with van der Waals surface area (Å²) in [5, 5.41) is 3.29. The Kier molecular flexibility index (Phi) is 5.95. The summed E-state index contributed by atoms with van der Waals surface area (Å²) in [6.45, 7) is 6.22. The van der Waals surface area contributed by atoms with Gasteiger partial charge in [0.05, 0.1) is 5.25 Å². The van der Waals surface area contributed by atoms with Crippen LogP contribution in [0.25, 0.3) is 0 Å². The van der Waals surface area contributed by atoms with Crippen LogP contribution in [0.5, 0.6) is 0 Å². The van der Waals surface area contributed by atoms with Gasteiger partial charge in [0.2, 0.25) is 5.91 Å². The van der Waals surface area contributed by atoms with Crippen molar-refractivity contribution in [2.24, 2.45) is 0 Å². The first-order chi connectivity index (χ1) is 10.6. The van der Waals surface area contributed by atoms with Gasteiger partial charge < -0.3 is 5.32 Å². The standard InChI is InChI=1S/C17H21N3OS/c1-4-12(2)14-6-8-15(9-7-14)20-16(21)13(3)22-17-18-10-5-11-19-17/h5-13H,4H2,1-3H3,(H,20,21). The average Bonchev–Trinajstić information content (AvgIpc) is 2.55. The third-order valence-corrected chi connectivity index (χ3v) is 4.54. The Balaban J connectivity index is 1.93. The maximum Gasteiger partial charge on any atom is 0.237 e. The maximum absolute atomic E-state index is 12.2. The van der Waals surface area contributed by atoms with Gasteiger partial charge in [0.1, 0.15) is 0 Å². The SMILES string of the molecule is CCC(C)c1ccc(NC(=O)C(C)Sc2ncccn2)cc1. The minimum atomic E-state index is -0.253. The van der Waals surface area contributed by atoms with Crippen LogP contribution in [0.4, 0.5) is 5.69 Å². The van der Waals surface area contributed by atoms with Crippen LogP contribution in [0.2, 0.25) is 0 Å². The molecule has 0 bridgehead atoms. The fourth-order valence-corrected chi connectivity index (χ4v) is 2.66. The molecule has 0 aliphatic carbocycles. The van der Waals surface area contributed by atoms with Crippen LogP contribution in [0.15, 0.2) is 47.9 Å². The second-order valence-corrected chi connectivity index (χ2v) is 6.52. The normalized spacial score (nSPS) is 13.4. The Labute approximate surface area is 135 Å². The molecule has 2 atom stereocenters. The van der Waals surface area contributed by atoms with Gasteiger partial charge in [-0.05, 0) is 43.0 Å². The van der Waals surface area contributed by atoms with E-state index in [2.05, 4.69) is 41.3 Å². The number of nitrogens with zero attached hydrogens (tertiary/aromatic N) is 2. The molecule has 1 heterocycles. The summed E-state index contributed by atoms with van der Waals surface area (Å²) in [5.74, 6) is 0.489. The zero-order chi connectivity index (χ0) is 15.9. The van der Waals surface area contributed by atoms with Crippen molar-refractivity contribution in [1.29, 1.82) is 0 Å². The van der Waals surface area contributed by atoms with Crippen LogP contribution in [0, 0.1) is 0 Å². The number of thioether (sulfide) groups is 1. The topological polar surface area (TPSA) is 54.9 Å². The van der Waals surface area contributed by atoms with Crippen molar-refractivity contribution in [1.82, 2.24) is 9.97 Å². The van der Waals surface area contributed by atoms with Gasteiger partial charge >= 0.3 is 0 Å². The van der Waals surface area contributed by atoms with E-state index in [0.29, 0.717) is 11.1 Å². The second-order valence-electron chi connectivity index (χ2n) is 5.21. The Morgan fingerprint density at radius 1 is 1.18 bits per heavy atom. The van der Waals surface area contributed by atoms with E-state index in [1.165, 1.54) is 17.3 Å². The number of anilines is 1. The maximum atomic E-state index is 12.2. The summed E-state index contributed by atoms with van der Waals surface area (Å²) in [6, 6.07) is 9.81. The van der Waals surface area contributed by atoms with Crippen LogP contribution < -0.4 is 5.32 Å². The van der Waals surface area contributed by atoms with Crippen molar-refractivity contribution in [3.05, 3.63) is 48.3 Å². The van der Waals surface area contributed by atoms with E-state index in [-0.39, 0.29) is 11.2 Å². The van der Waals surface area contributed by atoms with E-state index in [0.717, 1.165) is 12.1 Å². The van der Waals surface area contributed by atoms with E-state index in [9.17, 15) is 4.79 Å². The van der Waals surface area contributed by atoms with Gasteiger partial charge in [-0.1, -0.05) is 37.7 Å². The predicted octanol–water partition coefficient (Wildman–Crippen LogP) is 4.11. The number of aromatic nitrogens is 2. The highest BCUT2D eigenvalue weighted by atomic mass is 32.2. The van der Waals surface area contributed by atoms with Gasteiger partial charge in [-0.3, -0.25) is 4.79 Å². The molecule has 2 unspecified atom stereocenters. The van der Waals surface area contributed by atoms with Gasteiger partial charge in [-0.25, -0.2) is 9.97 Å². The quantitative estimate of drug-likeness (QED) is 0.644. The molecule has 116 valence electrons. The third-order valence-electron chi connectivity index (χ3n) is 3.55. The summed E-state index contributed by atoms with van der Waals surface area (Å²) in [5.41, 5.74) is 2.11. The highest BCUT2D eigenvalue weighted by Gasteiger charge is 2.16. The van der Waals surface area contributed by atoms with Gasteiger partial charge in [0.25, 0.3) is 0 Å². The molecule has 4 nitrogen and oxygen atoms in total. The fourth-order valence-electron chi connectivity index (χ4n) is 1.93. The molecule has 1 amide bonds. The highest BCUT2D eigenvalue weighted by molar-refractivity contribution is 8.00. The third kappa shape index (κ3) is 4.56. The molecule has 0 fully saturated rings. The van der Waals surface area contributed by atoms with E-state index >= 15 is 0 Å². The van der Waals surface area contributed by atoms with Gasteiger partial charge in [0.15, 0.2) is 5.16 Å². The Morgan fingerprint density at radius 2 is 1.82 bits per heavy atom. The molecule has 2 rings (SSSR count). The largest absolute Gasteiger partial charge is 0.325 e. The minimum Gasteiger partial charge on any atom is -0.325 e. The molecule has 0 aliphatic rings. The van der Waals surface area contributed by atoms with Crippen LogP contribution in [0.3, 0.4) is 0 Å². The predicted molar refractivity (Wildman–Crippen MR) is 91.1 cm³/mol. The lowest BCUT2D eigenvalue weighted by atomic mass is 9.99. The first kappa shape index (κ1) is 16.5. The lowest BCUT2D eigenvalue weighted by Crippen LogP contribution is -2.22. The molecule has 5 heteroatoms. The zero-order valence-electron chi connectivity index (χ0n) is 13.1. The molecule has 1 aromatic carbocycles. The zero-order valence-corrected chi connectivity index (χ0v) is 13.9. The monoisotopic (exact) mass is 315 g/mol. The first-order valence-electron chi connectivity index (χ1n) is 7.44. The number of hydrogen-bond acceptors (Lipinski definition) is 4. The number of nitrogens with one attached hydrogen (secondary N) is 1. The molecular formula is C17H21N3OS. The summed E-state index contributed by atoms with van der Waals surface area (Å²) in [7, 11) is 0. The van der Waals surface area contributed by atoms with Crippen molar-refractivity contribution < 1.29 is 4.79 Å². The Hall–Kier alpha value is -1.88. The number of carbonyl (C=O) groups excluding carboxylic acids is 1. The van der Waals surface area contributed by atoms with Gasteiger partial charge in [-0.15, -0.1) is 0 Å². The highest BCUT2D eigenvalue weighted by Crippen LogP contribution is 2.22. The number of carbonyl (C=O) groups is 1. The number of amides is 1. The molecule has 0 saturated heterocycles. The second kappa shape index (κ2) is 7.94. The molecule has 0 aliphatic heterocycles. The molecule has 22 heavy (non-hydrogen) atoms. The average molecular weight is 315 g/mol. The van der Waals surface area contributed by atoms with Crippen LogP contribution >= 0.6 is 11.8 Å². The molecular weight excluding hydrogens is 294 g/mol. The number of rotatable bonds is 6. The Morgan fingerprint density at radius 3 is 2.41 bits per heavy atom. The van der Waals surface area contributed by atoms with Gasteiger partial charge in [0, 0.05) is 18.1 Å². The van der Waals surface area contributed by atoms with Crippen molar-refractivity contribution in [2.75, 3.05) is 5.32 Å². The molecule has 0 radical (unpaired) electrons. The fraction of sp³-hybridized carbons (Fsp3) is 0.353. The number of hydrogen-bond donors (Lipinski definition) is 1. The van der Waals surface area contributed by atoms with Crippen molar-refractivity contribution in [3.63, 3.8) is 0 Å². The molecule has 0 saturated carbocycles. The molecule has 1 aromatic heterocycles. The lowest BCUT2D eigenvalue weighted by Gasteiger charge is -2.13. The van der Waals surface area contributed by atoms with Crippen LogP contribution in [0.1, 0.15) is 38.7 Å². The van der Waals surface area contributed by atoms with E-state index in [1.54, 1.807) is 18.5 Å². The summed E-state index contributed by atoms with van der Waals surface area (Å²) in [6.07, 6.45) is 4.46.